The first-order valence-electron chi connectivity index (χ1n) is 10.8. The van der Waals surface area contributed by atoms with E-state index >= 15 is 0 Å². The number of guanidine groups is 1. The Hall–Kier alpha value is -1.62. The quantitative estimate of drug-likeness (QED) is 0.282. The zero-order valence-corrected chi connectivity index (χ0v) is 20.3. The number of pyridine rings is 1. The van der Waals surface area contributed by atoms with Gasteiger partial charge in [-0.3, -0.25) is 9.79 Å². The highest BCUT2D eigenvalue weighted by molar-refractivity contribution is 14.0. The molecule has 168 valence electrons. The number of nitrogens with zero attached hydrogens (tertiary/aromatic N) is 4. The van der Waals surface area contributed by atoms with E-state index < -0.39 is 0 Å². The van der Waals surface area contributed by atoms with E-state index in [0.717, 1.165) is 49.8 Å². The van der Waals surface area contributed by atoms with E-state index in [1.807, 2.05) is 6.07 Å². The van der Waals surface area contributed by atoms with Gasteiger partial charge in [0, 0.05) is 51.5 Å². The summed E-state index contributed by atoms with van der Waals surface area (Å²) in [4.78, 5) is 25.2. The molecule has 1 atom stereocenters. The predicted molar refractivity (Wildman–Crippen MR) is 132 cm³/mol. The first-order valence-corrected chi connectivity index (χ1v) is 10.8. The van der Waals surface area contributed by atoms with Gasteiger partial charge in [0.05, 0.1) is 5.92 Å². The van der Waals surface area contributed by atoms with Gasteiger partial charge in [-0.1, -0.05) is 12.5 Å². The molecule has 8 nitrogen and oxygen atoms in total. The number of nitrogens with two attached hydrogens (primary N) is 1. The van der Waals surface area contributed by atoms with E-state index in [9.17, 15) is 4.79 Å². The van der Waals surface area contributed by atoms with Crippen LogP contribution in [0, 0.1) is 5.92 Å². The monoisotopic (exact) mass is 529 g/mol. The largest absolute Gasteiger partial charge is 0.369 e. The lowest BCUT2D eigenvalue weighted by atomic mass is 9.97. The minimum atomic E-state index is -0.219. The summed E-state index contributed by atoms with van der Waals surface area (Å²) in [6.07, 6.45) is 7.60. The Kier molecular flexibility index (Phi) is 10.6. The fraction of sp³-hybridized carbons (Fsp3) is 0.667. The first kappa shape index (κ1) is 24.6. The molecule has 1 aromatic rings. The Labute approximate surface area is 197 Å². The summed E-state index contributed by atoms with van der Waals surface area (Å²) < 4.78 is 0. The summed E-state index contributed by atoms with van der Waals surface area (Å²) in [5, 5.41) is 6.81. The second-order valence-corrected chi connectivity index (χ2v) is 7.93. The summed E-state index contributed by atoms with van der Waals surface area (Å²) >= 11 is 0. The maximum atomic E-state index is 11.6. The van der Waals surface area contributed by atoms with Gasteiger partial charge in [-0.25, -0.2) is 4.98 Å². The zero-order valence-electron chi connectivity index (χ0n) is 18.0. The Balaban J connectivity index is 0.00000320. The van der Waals surface area contributed by atoms with Gasteiger partial charge in [0.2, 0.25) is 5.91 Å². The van der Waals surface area contributed by atoms with Crippen molar-refractivity contribution in [3.8, 4) is 0 Å². The average Bonchev–Trinajstić information content (AvgIpc) is 2.77. The SMILES string of the molecule is CN=C(NCCN1CCCCC1)NCc1cccnc1N1CCCC(C(N)=O)C1.I. The molecule has 2 fully saturated rings. The molecule has 2 aliphatic rings. The van der Waals surface area contributed by atoms with Crippen LogP contribution in [0.2, 0.25) is 0 Å². The summed E-state index contributed by atoms with van der Waals surface area (Å²) in [5.41, 5.74) is 6.63. The second-order valence-electron chi connectivity index (χ2n) is 7.93. The normalized spacial score (nSPS) is 20.4. The highest BCUT2D eigenvalue weighted by atomic mass is 127. The van der Waals surface area contributed by atoms with Crippen molar-refractivity contribution >= 4 is 41.7 Å². The van der Waals surface area contributed by atoms with Gasteiger partial charge in [0.1, 0.15) is 5.82 Å². The third-order valence-electron chi connectivity index (χ3n) is 5.83. The van der Waals surface area contributed by atoms with Crippen LogP contribution in [0.4, 0.5) is 5.82 Å². The molecule has 9 heteroatoms. The number of hydrogen-bond donors (Lipinski definition) is 3. The van der Waals surface area contributed by atoms with Crippen LogP contribution in [0.5, 0.6) is 0 Å². The van der Waals surface area contributed by atoms with Crippen LogP contribution >= 0.6 is 24.0 Å². The highest BCUT2D eigenvalue weighted by Crippen LogP contribution is 2.24. The standard InChI is InChI=1S/C21H35N7O.HI/c1-23-21(25-10-14-27-11-3-2-4-12-27)26-15-17-7-5-9-24-20(17)28-13-6-8-18(16-28)19(22)29;/h5,7,9,18H,2-4,6,8,10-16H2,1H3,(H2,22,29)(H2,23,25,26);1H. The predicted octanol–water partition coefficient (Wildman–Crippen LogP) is 1.55. The van der Waals surface area contributed by atoms with Crippen LogP contribution in [-0.2, 0) is 11.3 Å². The number of piperidine rings is 2. The van der Waals surface area contributed by atoms with Crippen molar-refractivity contribution in [1.29, 1.82) is 0 Å². The molecule has 4 N–H and O–H groups in total. The fourth-order valence-electron chi connectivity index (χ4n) is 4.17. The molecule has 2 aliphatic heterocycles. The van der Waals surface area contributed by atoms with Crippen molar-refractivity contribution in [3.05, 3.63) is 23.9 Å². The van der Waals surface area contributed by atoms with Gasteiger partial charge < -0.3 is 26.2 Å². The van der Waals surface area contributed by atoms with Crippen molar-refractivity contribution in [1.82, 2.24) is 20.5 Å². The molecule has 0 spiro atoms. The number of hydrogen-bond acceptors (Lipinski definition) is 5. The minimum Gasteiger partial charge on any atom is -0.369 e. The zero-order chi connectivity index (χ0) is 20.5. The molecule has 1 aromatic heterocycles. The molecular formula is C21H36IN7O. The Bertz CT molecular complexity index is 694. The molecule has 30 heavy (non-hydrogen) atoms. The van der Waals surface area contributed by atoms with Crippen LogP contribution in [0.1, 0.15) is 37.7 Å². The van der Waals surface area contributed by atoms with E-state index in [-0.39, 0.29) is 35.8 Å². The first-order chi connectivity index (χ1) is 14.2. The number of rotatable bonds is 7. The Morgan fingerprint density at radius 1 is 1.23 bits per heavy atom. The molecule has 0 radical (unpaired) electrons. The molecule has 3 heterocycles. The van der Waals surface area contributed by atoms with Crippen molar-refractivity contribution in [2.45, 2.75) is 38.6 Å². The molecule has 1 unspecified atom stereocenters. The topological polar surface area (TPSA) is 98.9 Å². The molecule has 2 saturated heterocycles. The number of anilines is 1. The van der Waals surface area contributed by atoms with Crippen molar-refractivity contribution < 1.29 is 4.79 Å². The molecule has 0 bridgehead atoms. The summed E-state index contributed by atoms with van der Waals surface area (Å²) in [5.74, 6) is 1.40. The number of aromatic nitrogens is 1. The second kappa shape index (κ2) is 12.9. The summed E-state index contributed by atoms with van der Waals surface area (Å²) in [6, 6.07) is 4.02. The van der Waals surface area contributed by atoms with E-state index in [0.29, 0.717) is 13.1 Å². The number of carbonyl (C=O) groups excluding carboxylic acids is 1. The Morgan fingerprint density at radius 3 is 2.77 bits per heavy atom. The minimum absolute atomic E-state index is 0. The molecular weight excluding hydrogens is 493 g/mol. The van der Waals surface area contributed by atoms with Gasteiger partial charge >= 0.3 is 0 Å². The fourth-order valence-corrected chi connectivity index (χ4v) is 4.17. The molecule has 0 aromatic carbocycles. The van der Waals surface area contributed by atoms with Crippen LogP contribution in [0.15, 0.2) is 23.3 Å². The molecule has 0 saturated carbocycles. The van der Waals surface area contributed by atoms with Crippen LogP contribution < -0.4 is 21.3 Å². The third kappa shape index (κ3) is 7.26. The number of primary amides is 1. The number of halogens is 1. The van der Waals surface area contributed by atoms with E-state index in [4.69, 9.17) is 5.73 Å². The van der Waals surface area contributed by atoms with Crippen molar-refractivity contribution in [2.24, 2.45) is 16.6 Å². The van der Waals surface area contributed by atoms with E-state index in [1.165, 1.54) is 32.4 Å². The number of amides is 1. The maximum Gasteiger partial charge on any atom is 0.222 e. The van der Waals surface area contributed by atoms with E-state index in [1.54, 1.807) is 13.2 Å². The number of likely N-dealkylation sites (tertiary alicyclic amines) is 1. The van der Waals surface area contributed by atoms with Gasteiger partial charge in [0.25, 0.3) is 0 Å². The number of carbonyl (C=O) groups is 1. The Morgan fingerprint density at radius 2 is 2.03 bits per heavy atom. The van der Waals surface area contributed by atoms with Gasteiger partial charge in [-0.2, -0.15) is 0 Å². The van der Waals surface area contributed by atoms with Gasteiger partial charge in [-0.15, -0.1) is 24.0 Å². The maximum absolute atomic E-state index is 11.6. The lowest BCUT2D eigenvalue weighted by Gasteiger charge is -2.33. The molecule has 0 aliphatic carbocycles. The van der Waals surface area contributed by atoms with Crippen molar-refractivity contribution in [3.63, 3.8) is 0 Å². The van der Waals surface area contributed by atoms with Crippen molar-refractivity contribution in [2.75, 3.05) is 51.2 Å². The van der Waals surface area contributed by atoms with E-state index in [2.05, 4.69) is 36.5 Å². The summed E-state index contributed by atoms with van der Waals surface area (Å²) in [6.45, 7) is 6.50. The van der Waals surface area contributed by atoms with Crippen LogP contribution in [-0.4, -0.2) is 68.1 Å². The van der Waals surface area contributed by atoms with Gasteiger partial charge in [0.15, 0.2) is 5.96 Å². The molecule has 3 rings (SSSR count). The van der Waals surface area contributed by atoms with Gasteiger partial charge in [-0.05, 0) is 44.8 Å². The lowest BCUT2D eigenvalue weighted by Crippen LogP contribution is -2.43. The third-order valence-corrected chi connectivity index (χ3v) is 5.83. The summed E-state index contributed by atoms with van der Waals surface area (Å²) in [7, 11) is 1.79. The van der Waals surface area contributed by atoms with Crippen LogP contribution in [0.3, 0.4) is 0 Å². The molecule has 1 amide bonds. The lowest BCUT2D eigenvalue weighted by molar-refractivity contribution is -0.122. The smallest absolute Gasteiger partial charge is 0.222 e. The number of aliphatic imine (C=N–C) groups is 1. The van der Waals surface area contributed by atoms with Crippen LogP contribution in [0.25, 0.3) is 0 Å². The average molecular weight is 529 g/mol. The number of nitrogens with one attached hydrogen (secondary N) is 2. The highest BCUT2D eigenvalue weighted by Gasteiger charge is 2.26.